The topological polar surface area (TPSA) is 108 Å². The normalized spacial score (nSPS) is 10.3. The molecule has 2 aromatic heterocycles. The summed E-state index contributed by atoms with van der Waals surface area (Å²) in [5.41, 5.74) is 7.07. The van der Waals surface area contributed by atoms with Crippen molar-refractivity contribution in [2.75, 3.05) is 0 Å². The SMILES string of the molecule is N#Cc1ccc(C(=O)NNC(=O)c2cc(-c3ccco3)nc3ccccc23)cc1. The standard InChI is InChI=1S/C22H14N4O3/c23-13-14-7-9-15(10-8-14)21(27)25-26-22(28)17-12-19(20-6-3-11-29-20)24-18-5-2-1-4-16(17)18/h1-12H,(H,25,27)(H,26,28). The average molecular weight is 382 g/mol. The van der Waals surface area contributed by atoms with Crippen molar-refractivity contribution in [1.29, 1.82) is 5.26 Å². The van der Waals surface area contributed by atoms with Crippen LogP contribution in [-0.2, 0) is 0 Å². The van der Waals surface area contributed by atoms with Crippen LogP contribution in [0.25, 0.3) is 22.4 Å². The quantitative estimate of drug-likeness (QED) is 0.528. The van der Waals surface area contributed by atoms with Gasteiger partial charge >= 0.3 is 0 Å². The van der Waals surface area contributed by atoms with Crippen molar-refractivity contribution in [2.24, 2.45) is 0 Å². The van der Waals surface area contributed by atoms with Crippen LogP contribution < -0.4 is 10.9 Å². The molecule has 0 bridgehead atoms. The van der Waals surface area contributed by atoms with Gasteiger partial charge in [0.05, 0.1) is 29.0 Å². The molecule has 0 unspecified atom stereocenters. The third kappa shape index (κ3) is 3.68. The van der Waals surface area contributed by atoms with E-state index in [1.165, 1.54) is 30.5 Å². The van der Waals surface area contributed by atoms with Gasteiger partial charge in [0.15, 0.2) is 5.76 Å². The molecule has 0 saturated heterocycles. The van der Waals surface area contributed by atoms with Crippen molar-refractivity contribution >= 4 is 22.7 Å². The number of benzene rings is 2. The summed E-state index contributed by atoms with van der Waals surface area (Å²) in [5, 5.41) is 9.47. The van der Waals surface area contributed by atoms with Gasteiger partial charge < -0.3 is 4.42 Å². The first-order chi connectivity index (χ1) is 14.2. The Kier molecular flexibility index (Phi) is 4.74. The van der Waals surface area contributed by atoms with Gasteiger partial charge in [-0.15, -0.1) is 0 Å². The maximum Gasteiger partial charge on any atom is 0.270 e. The predicted molar refractivity (Wildman–Crippen MR) is 106 cm³/mol. The molecule has 0 aliphatic carbocycles. The van der Waals surface area contributed by atoms with Crippen LogP contribution >= 0.6 is 0 Å². The maximum atomic E-state index is 12.8. The summed E-state index contributed by atoms with van der Waals surface area (Å²) in [4.78, 5) is 29.6. The molecule has 0 spiro atoms. The Morgan fingerprint density at radius 1 is 0.931 bits per heavy atom. The lowest BCUT2D eigenvalue weighted by atomic mass is 10.1. The minimum Gasteiger partial charge on any atom is -0.463 e. The molecule has 4 rings (SSSR count). The second kappa shape index (κ2) is 7.66. The van der Waals surface area contributed by atoms with Gasteiger partial charge in [-0.25, -0.2) is 4.98 Å². The van der Waals surface area contributed by atoms with Gasteiger partial charge in [-0.1, -0.05) is 18.2 Å². The summed E-state index contributed by atoms with van der Waals surface area (Å²) in [6, 6.07) is 20.4. The molecular weight excluding hydrogens is 368 g/mol. The second-order valence-corrected chi connectivity index (χ2v) is 6.15. The van der Waals surface area contributed by atoms with E-state index in [2.05, 4.69) is 15.8 Å². The van der Waals surface area contributed by atoms with Gasteiger partial charge in [0.25, 0.3) is 11.8 Å². The zero-order valence-corrected chi connectivity index (χ0v) is 15.0. The number of carbonyl (C=O) groups is 2. The van der Waals surface area contributed by atoms with Crippen molar-refractivity contribution in [3.05, 3.63) is 89.7 Å². The highest BCUT2D eigenvalue weighted by atomic mass is 16.3. The number of hydrogen-bond acceptors (Lipinski definition) is 5. The van der Waals surface area contributed by atoms with Gasteiger partial charge in [0, 0.05) is 10.9 Å². The number of nitriles is 1. The Hall–Kier alpha value is -4.44. The molecule has 0 aliphatic rings. The van der Waals surface area contributed by atoms with Crippen LogP contribution in [0.1, 0.15) is 26.3 Å². The van der Waals surface area contributed by atoms with Gasteiger partial charge in [-0.2, -0.15) is 5.26 Å². The number of rotatable bonds is 3. The number of nitrogens with zero attached hydrogens (tertiary/aromatic N) is 2. The molecule has 29 heavy (non-hydrogen) atoms. The van der Waals surface area contributed by atoms with Crippen LogP contribution in [0.3, 0.4) is 0 Å². The number of hydrazine groups is 1. The largest absolute Gasteiger partial charge is 0.463 e. The molecule has 0 saturated carbocycles. The van der Waals surface area contributed by atoms with E-state index in [0.717, 1.165) is 0 Å². The Bertz CT molecular complexity index is 1240. The van der Waals surface area contributed by atoms with E-state index < -0.39 is 11.8 Å². The molecule has 0 fully saturated rings. The molecule has 2 amide bonds. The zero-order chi connectivity index (χ0) is 20.2. The molecule has 2 N–H and O–H groups in total. The number of amides is 2. The summed E-state index contributed by atoms with van der Waals surface area (Å²) in [5.74, 6) is -0.447. The number of fused-ring (bicyclic) bond motifs is 1. The summed E-state index contributed by atoms with van der Waals surface area (Å²) in [6.07, 6.45) is 1.53. The number of nitrogens with one attached hydrogen (secondary N) is 2. The Balaban J connectivity index is 1.59. The lowest BCUT2D eigenvalue weighted by molar-refractivity contribution is 0.0847. The van der Waals surface area contributed by atoms with E-state index in [1.807, 2.05) is 18.2 Å². The van der Waals surface area contributed by atoms with Crippen molar-refractivity contribution in [2.45, 2.75) is 0 Å². The average Bonchev–Trinajstić information content (AvgIpc) is 3.31. The second-order valence-electron chi connectivity index (χ2n) is 6.15. The van der Waals surface area contributed by atoms with E-state index in [1.54, 1.807) is 30.3 Å². The summed E-state index contributed by atoms with van der Waals surface area (Å²) in [7, 11) is 0. The fraction of sp³-hybridized carbons (Fsp3) is 0. The molecule has 2 heterocycles. The molecule has 7 heteroatoms. The summed E-state index contributed by atoms with van der Waals surface area (Å²) >= 11 is 0. The minimum atomic E-state index is -0.493. The molecule has 7 nitrogen and oxygen atoms in total. The molecule has 4 aromatic rings. The van der Waals surface area contributed by atoms with Gasteiger partial charge in [0.1, 0.15) is 5.69 Å². The van der Waals surface area contributed by atoms with Crippen molar-refractivity contribution in [3.8, 4) is 17.5 Å². The first-order valence-electron chi connectivity index (χ1n) is 8.70. The maximum absolute atomic E-state index is 12.8. The summed E-state index contributed by atoms with van der Waals surface area (Å²) in [6.45, 7) is 0. The Morgan fingerprint density at radius 2 is 1.69 bits per heavy atom. The molecule has 0 aliphatic heterocycles. The number of aromatic nitrogens is 1. The van der Waals surface area contributed by atoms with E-state index in [0.29, 0.717) is 39.0 Å². The number of carbonyl (C=O) groups excluding carboxylic acids is 2. The van der Waals surface area contributed by atoms with E-state index in [-0.39, 0.29) is 0 Å². The van der Waals surface area contributed by atoms with Gasteiger partial charge in [0.2, 0.25) is 0 Å². The molecule has 2 aromatic carbocycles. The lowest BCUT2D eigenvalue weighted by Gasteiger charge is -2.11. The van der Waals surface area contributed by atoms with Crippen molar-refractivity contribution in [3.63, 3.8) is 0 Å². The first-order valence-corrected chi connectivity index (χ1v) is 8.70. The van der Waals surface area contributed by atoms with Crippen molar-refractivity contribution in [1.82, 2.24) is 15.8 Å². The molecule has 0 atom stereocenters. The number of pyridine rings is 1. The third-order valence-electron chi connectivity index (χ3n) is 4.30. The summed E-state index contributed by atoms with van der Waals surface area (Å²) < 4.78 is 5.39. The zero-order valence-electron chi connectivity index (χ0n) is 15.0. The highest BCUT2D eigenvalue weighted by Gasteiger charge is 2.16. The lowest BCUT2D eigenvalue weighted by Crippen LogP contribution is -2.41. The Morgan fingerprint density at radius 3 is 2.41 bits per heavy atom. The van der Waals surface area contributed by atoms with E-state index in [9.17, 15) is 9.59 Å². The number of furan rings is 1. The third-order valence-corrected chi connectivity index (χ3v) is 4.30. The van der Waals surface area contributed by atoms with E-state index >= 15 is 0 Å². The van der Waals surface area contributed by atoms with Crippen LogP contribution in [0.2, 0.25) is 0 Å². The minimum absolute atomic E-state index is 0.320. The monoisotopic (exact) mass is 382 g/mol. The fourth-order valence-electron chi connectivity index (χ4n) is 2.86. The highest BCUT2D eigenvalue weighted by molar-refractivity contribution is 6.08. The van der Waals surface area contributed by atoms with Crippen LogP contribution in [0.5, 0.6) is 0 Å². The van der Waals surface area contributed by atoms with E-state index in [4.69, 9.17) is 9.68 Å². The van der Waals surface area contributed by atoms with Crippen molar-refractivity contribution < 1.29 is 14.0 Å². The van der Waals surface area contributed by atoms with Crippen LogP contribution in [-0.4, -0.2) is 16.8 Å². The van der Waals surface area contributed by atoms with Crippen LogP contribution in [0.4, 0.5) is 0 Å². The first kappa shape index (κ1) is 17.9. The van der Waals surface area contributed by atoms with Gasteiger partial charge in [-0.05, 0) is 48.5 Å². The van der Waals surface area contributed by atoms with Gasteiger partial charge in [-0.3, -0.25) is 20.4 Å². The van der Waals surface area contributed by atoms with Crippen LogP contribution in [0, 0.1) is 11.3 Å². The fourth-order valence-corrected chi connectivity index (χ4v) is 2.86. The highest BCUT2D eigenvalue weighted by Crippen LogP contribution is 2.25. The molecule has 140 valence electrons. The number of hydrogen-bond donors (Lipinski definition) is 2. The molecule has 0 radical (unpaired) electrons. The number of para-hydroxylation sites is 1. The Labute approximate surface area is 165 Å². The van der Waals surface area contributed by atoms with Crippen LogP contribution in [0.15, 0.2) is 77.4 Å². The molecular formula is C22H14N4O3. The predicted octanol–water partition coefficient (Wildman–Crippen LogP) is 3.44. The smallest absolute Gasteiger partial charge is 0.270 e.